The summed E-state index contributed by atoms with van der Waals surface area (Å²) in [5.74, 6) is -2.47. The smallest absolute Gasteiger partial charge is 0.380 e. The van der Waals surface area contributed by atoms with Crippen molar-refractivity contribution >= 4 is 25.5 Å². The SMILES string of the molecule is CC(C)(COP(=O)(OCC(C)(C)C(C)(O)C(=O)NCCC#N)OCC(C)(C)C(C)(O)C(=O)NCCC#N)C(C)(O)C(=O)NCCC#N. The molecule has 0 aromatic carbocycles. The molecule has 3 amide bonds. The van der Waals surface area contributed by atoms with Crippen LogP contribution in [0.1, 0.15) is 81.6 Å². The van der Waals surface area contributed by atoms with Crippen molar-refractivity contribution in [2.45, 2.75) is 98.4 Å². The topological polar surface area (TPSA) is 264 Å². The first-order valence-corrected chi connectivity index (χ1v) is 16.4. The van der Waals surface area contributed by atoms with Crippen LogP contribution in [-0.2, 0) is 32.5 Å². The zero-order valence-corrected chi connectivity index (χ0v) is 29.7. The summed E-state index contributed by atoms with van der Waals surface area (Å²) < 4.78 is 31.1. The zero-order chi connectivity index (χ0) is 37.0. The van der Waals surface area contributed by atoms with Crippen LogP contribution in [0.2, 0.25) is 0 Å². The van der Waals surface area contributed by atoms with E-state index in [-0.39, 0.29) is 38.9 Å². The molecule has 0 saturated carbocycles. The van der Waals surface area contributed by atoms with Gasteiger partial charge in [0.2, 0.25) is 0 Å². The first-order valence-electron chi connectivity index (χ1n) is 15.0. The quantitative estimate of drug-likeness (QED) is 0.0740. The van der Waals surface area contributed by atoms with E-state index in [9.17, 15) is 34.3 Å². The zero-order valence-electron chi connectivity index (χ0n) is 28.9. The number of nitriles is 3. The Balaban J connectivity index is 6.29. The van der Waals surface area contributed by atoms with Gasteiger partial charge in [0.25, 0.3) is 17.7 Å². The van der Waals surface area contributed by atoms with Crippen LogP contribution in [0.5, 0.6) is 0 Å². The van der Waals surface area contributed by atoms with E-state index in [0.717, 1.165) is 0 Å². The Kier molecular flexibility index (Phi) is 16.2. The van der Waals surface area contributed by atoms with E-state index < -0.39 is 78.4 Å². The van der Waals surface area contributed by atoms with Gasteiger partial charge in [0.15, 0.2) is 0 Å². The number of carbonyl (C=O) groups is 3. The van der Waals surface area contributed by atoms with Crippen LogP contribution < -0.4 is 16.0 Å². The van der Waals surface area contributed by atoms with Crippen LogP contribution in [0.25, 0.3) is 0 Å². The second-order valence-electron chi connectivity index (χ2n) is 13.6. The van der Waals surface area contributed by atoms with Crippen molar-refractivity contribution in [2.75, 3.05) is 39.5 Å². The number of carbonyl (C=O) groups excluding carboxylic acids is 3. The van der Waals surface area contributed by atoms with Crippen LogP contribution in [0.15, 0.2) is 0 Å². The average Bonchev–Trinajstić information content (AvgIpc) is 2.98. The number of nitrogens with one attached hydrogen (secondary N) is 3. The largest absolute Gasteiger partial charge is 0.474 e. The van der Waals surface area contributed by atoms with Gasteiger partial charge in [-0.1, -0.05) is 41.5 Å². The fourth-order valence-corrected chi connectivity index (χ4v) is 5.06. The third-order valence-corrected chi connectivity index (χ3v) is 9.93. The number of aliphatic hydroxyl groups is 3. The van der Waals surface area contributed by atoms with E-state index in [2.05, 4.69) is 16.0 Å². The Morgan fingerprint density at radius 1 is 0.553 bits per heavy atom. The first-order chi connectivity index (χ1) is 21.3. The lowest BCUT2D eigenvalue weighted by atomic mass is 9.76. The van der Waals surface area contributed by atoms with Gasteiger partial charge >= 0.3 is 7.82 Å². The predicted octanol–water partition coefficient (Wildman–Crippen LogP) is 1.57. The number of nitrogens with zero attached hydrogens (tertiary/aromatic N) is 3. The van der Waals surface area contributed by atoms with Gasteiger partial charge in [-0.2, -0.15) is 15.8 Å². The van der Waals surface area contributed by atoms with Gasteiger partial charge in [0.05, 0.1) is 57.3 Å². The fraction of sp³-hybridized carbons (Fsp3) is 0.800. The summed E-state index contributed by atoms with van der Waals surface area (Å²) in [4.78, 5) is 38.2. The molecule has 0 aromatic heterocycles. The van der Waals surface area contributed by atoms with Crippen molar-refractivity contribution in [3.8, 4) is 18.2 Å². The molecule has 0 radical (unpaired) electrons. The molecule has 0 aliphatic rings. The molecule has 47 heavy (non-hydrogen) atoms. The fourth-order valence-electron chi connectivity index (χ4n) is 3.39. The molecule has 3 atom stereocenters. The van der Waals surface area contributed by atoms with Crippen molar-refractivity contribution in [2.24, 2.45) is 16.2 Å². The molecule has 16 nitrogen and oxygen atoms in total. The van der Waals surface area contributed by atoms with Crippen LogP contribution in [0.4, 0.5) is 0 Å². The minimum atomic E-state index is -4.74. The molecule has 0 spiro atoms. The molecule has 17 heteroatoms. The summed E-state index contributed by atoms with van der Waals surface area (Å²) >= 11 is 0. The summed E-state index contributed by atoms with van der Waals surface area (Å²) in [6.45, 7) is 10.4. The number of phosphoric ester groups is 1. The number of amides is 3. The van der Waals surface area contributed by atoms with E-state index in [0.29, 0.717) is 0 Å². The lowest BCUT2D eigenvalue weighted by Gasteiger charge is -2.41. The maximum Gasteiger partial charge on any atom is 0.474 e. The highest BCUT2D eigenvalue weighted by Crippen LogP contribution is 2.54. The summed E-state index contributed by atoms with van der Waals surface area (Å²) in [7, 11) is -4.74. The Labute approximate surface area is 277 Å². The van der Waals surface area contributed by atoms with E-state index in [1.807, 2.05) is 18.2 Å². The van der Waals surface area contributed by atoms with E-state index >= 15 is 0 Å². The monoisotopic (exact) mass is 686 g/mol. The van der Waals surface area contributed by atoms with Crippen LogP contribution in [-0.4, -0.2) is 89.3 Å². The minimum Gasteiger partial charge on any atom is -0.380 e. The minimum absolute atomic E-state index is 0.00144. The predicted molar refractivity (Wildman–Crippen MR) is 168 cm³/mol. The maximum absolute atomic E-state index is 14.2. The molecule has 3 unspecified atom stereocenters. The van der Waals surface area contributed by atoms with E-state index in [1.165, 1.54) is 62.3 Å². The number of hydrogen-bond acceptors (Lipinski definition) is 13. The lowest BCUT2D eigenvalue weighted by Crippen LogP contribution is -2.56. The third-order valence-electron chi connectivity index (χ3n) is 8.60. The molecule has 0 aromatic rings. The number of rotatable bonds is 21. The molecule has 0 fully saturated rings. The van der Waals surface area contributed by atoms with Gasteiger partial charge in [-0.25, -0.2) is 4.57 Å². The third kappa shape index (κ3) is 11.8. The molecule has 0 aliphatic carbocycles. The van der Waals surface area contributed by atoms with Crippen molar-refractivity contribution in [3.05, 3.63) is 0 Å². The normalized spacial score (nSPS) is 17.2. The summed E-state index contributed by atoms with van der Waals surface area (Å²) in [6.07, 6.45) is 0.00431. The second kappa shape index (κ2) is 17.3. The number of hydrogen-bond donors (Lipinski definition) is 6. The van der Waals surface area contributed by atoms with Gasteiger partial charge in [-0.3, -0.25) is 28.0 Å². The molecular formula is C30H51N6O10P. The van der Waals surface area contributed by atoms with Gasteiger partial charge < -0.3 is 31.3 Å². The average molecular weight is 687 g/mol. The van der Waals surface area contributed by atoms with Gasteiger partial charge in [0.1, 0.15) is 16.8 Å². The van der Waals surface area contributed by atoms with Crippen molar-refractivity contribution in [3.63, 3.8) is 0 Å². The highest BCUT2D eigenvalue weighted by molar-refractivity contribution is 7.48. The van der Waals surface area contributed by atoms with Crippen molar-refractivity contribution < 1.29 is 47.8 Å². The van der Waals surface area contributed by atoms with Crippen LogP contribution in [0, 0.1) is 50.2 Å². The highest BCUT2D eigenvalue weighted by atomic mass is 31.2. The Hall–Kier alpha value is -3.13. The number of phosphoric acid groups is 1. The summed E-state index contributed by atoms with van der Waals surface area (Å²) in [5, 5.41) is 66.9. The first kappa shape index (κ1) is 43.9. The van der Waals surface area contributed by atoms with Gasteiger partial charge in [-0.05, 0) is 20.8 Å². The summed E-state index contributed by atoms with van der Waals surface area (Å²) in [5.41, 5.74) is -10.7. The Morgan fingerprint density at radius 2 is 0.766 bits per heavy atom. The molecule has 0 saturated heterocycles. The molecule has 0 heterocycles. The standard InChI is InChI=1S/C30H51N6O10P/c1-25(2,28(7,40)22(37)34-16-10-13-31)19-44-47(43,45-20-26(3,4)29(8,41)23(38)35-17-11-14-32)46-21-27(5,6)30(9,42)24(39)36-18-12-15-33/h40-42H,10-12,16-21H2,1-9H3,(H,34,37)(H,35,38)(H,36,39). The Bertz CT molecular complexity index is 1120. The van der Waals surface area contributed by atoms with E-state index in [4.69, 9.17) is 29.4 Å². The van der Waals surface area contributed by atoms with Gasteiger partial charge in [-0.15, -0.1) is 0 Å². The molecular weight excluding hydrogens is 635 g/mol. The second-order valence-corrected chi connectivity index (χ2v) is 15.3. The Morgan fingerprint density at radius 3 is 0.957 bits per heavy atom. The molecule has 0 aliphatic heterocycles. The molecule has 0 bridgehead atoms. The van der Waals surface area contributed by atoms with E-state index in [1.54, 1.807) is 0 Å². The van der Waals surface area contributed by atoms with Gasteiger partial charge in [0, 0.05) is 35.9 Å². The van der Waals surface area contributed by atoms with Crippen LogP contribution in [0.3, 0.4) is 0 Å². The molecule has 0 rings (SSSR count). The van der Waals surface area contributed by atoms with Crippen LogP contribution >= 0.6 is 7.82 Å². The summed E-state index contributed by atoms with van der Waals surface area (Å²) in [6, 6.07) is 5.61. The highest BCUT2D eigenvalue weighted by Gasteiger charge is 2.51. The lowest BCUT2D eigenvalue weighted by molar-refractivity contribution is -0.157. The molecule has 266 valence electrons. The maximum atomic E-state index is 14.2. The molecule has 6 N–H and O–H groups in total. The van der Waals surface area contributed by atoms with Crippen molar-refractivity contribution in [1.29, 1.82) is 15.8 Å². The van der Waals surface area contributed by atoms with Crippen molar-refractivity contribution in [1.82, 2.24) is 16.0 Å².